The van der Waals surface area contributed by atoms with Gasteiger partial charge in [0.05, 0.1) is 19.7 Å². The summed E-state index contributed by atoms with van der Waals surface area (Å²) in [6.45, 7) is 2.23. The molecule has 6 nitrogen and oxygen atoms in total. The summed E-state index contributed by atoms with van der Waals surface area (Å²) in [7, 11) is 0. The summed E-state index contributed by atoms with van der Waals surface area (Å²) < 4.78 is 5.39. The van der Waals surface area contributed by atoms with Gasteiger partial charge in [-0.05, 0) is 43.9 Å². The smallest absolute Gasteiger partial charge is 0.318 e. The zero-order valence-electron chi connectivity index (χ0n) is 17.2. The number of esters is 1. The summed E-state index contributed by atoms with van der Waals surface area (Å²) in [6.07, 6.45) is 8.46. The predicted molar refractivity (Wildman–Crippen MR) is 118 cm³/mol. The van der Waals surface area contributed by atoms with Crippen LogP contribution in [-0.4, -0.2) is 35.8 Å². The number of fused-ring (bicyclic) bond motifs is 1. The van der Waals surface area contributed by atoms with Crippen molar-refractivity contribution in [1.29, 1.82) is 0 Å². The summed E-state index contributed by atoms with van der Waals surface area (Å²) >= 11 is 12.3. The number of amides is 2. The summed E-state index contributed by atoms with van der Waals surface area (Å²) in [5, 5.41) is 3.51. The van der Waals surface area contributed by atoms with Gasteiger partial charge in [-0.25, -0.2) is 0 Å². The van der Waals surface area contributed by atoms with Crippen molar-refractivity contribution in [2.75, 3.05) is 13.2 Å². The van der Waals surface area contributed by atoms with Crippen molar-refractivity contribution < 1.29 is 19.1 Å². The number of ether oxygens (including phenoxy) is 1. The average Bonchev–Trinajstić information content (AvgIpc) is 3.16. The number of halogens is 2. The van der Waals surface area contributed by atoms with Gasteiger partial charge in [0.15, 0.2) is 0 Å². The maximum atomic E-state index is 13.4. The Morgan fingerprint density at radius 1 is 1.39 bits per heavy atom. The highest BCUT2D eigenvalue weighted by Crippen LogP contribution is 2.51. The van der Waals surface area contributed by atoms with Crippen LogP contribution in [0.2, 0.25) is 10.0 Å². The average molecular weight is 463 g/mol. The lowest BCUT2D eigenvalue weighted by molar-refractivity contribution is -0.161. The molecule has 1 aromatic carbocycles. The lowest BCUT2D eigenvalue weighted by Crippen LogP contribution is -2.52. The fourth-order valence-electron chi connectivity index (χ4n) is 4.35. The predicted octanol–water partition coefficient (Wildman–Crippen LogP) is 3.71. The standard InChI is InChI=1S/C23H24Cl2N2O4/c1-3-10-26-20(28)11-16-13-23(22(30)31-4-2)9-5-6-19(23)27(21(16)29)14-15-7-8-17(24)12-18(15)25/h1,6-8,12,16H,4-5,9-11,13-14H2,2H3,(H,26,28)/t16-,23-/m0/s1. The fraction of sp³-hybridized carbons (Fsp3) is 0.435. The van der Waals surface area contributed by atoms with Crippen molar-refractivity contribution in [3.63, 3.8) is 0 Å². The first-order valence-corrected chi connectivity index (χ1v) is 10.9. The van der Waals surface area contributed by atoms with Crippen LogP contribution in [0.3, 0.4) is 0 Å². The number of hydrogen-bond acceptors (Lipinski definition) is 4. The molecule has 0 radical (unpaired) electrons. The van der Waals surface area contributed by atoms with Gasteiger partial charge in [-0.1, -0.05) is 41.3 Å². The molecule has 1 fully saturated rings. The minimum atomic E-state index is -0.958. The molecule has 1 aliphatic carbocycles. The van der Waals surface area contributed by atoms with E-state index < -0.39 is 11.3 Å². The number of hydrogen-bond donors (Lipinski definition) is 1. The molecule has 1 aliphatic heterocycles. The first kappa shape index (κ1) is 23.2. The summed E-state index contributed by atoms with van der Waals surface area (Å²) in [6, 6.07) is 5.06. The van der Waals surface area contributed by atoms with Gasteiger partial charge in [0, 0.05) is 28.1 Å². The Labute approximate surface area is 191 Å². The fourth-order valence-corrected chi connectivity index (χ4v) is 4.82. The van der Waals surface area contributed by atoms with Crippen LogP contribution in [0, 0.1) is 23.7 Å². The molecule has 2 atom stereocenters. The molecular formula is C23H24Cl2N2O4. The molecule has 31 heavy (non-hydrogen) atoms. The van der Waals surface area contributed by atoms with E-state index in [1.54, 1.807) is 30.0 Å². The number of benzene rings is 1. The number of nitrogens with one attached hydrogen (secondary N) is 1. The van der Waals surface area contributed by atoms with Gasteiger partial charge in [0.25, 0.3) is 0 Å². The number of piperidine rings is 1. The van der Waals surface area contributed by atoms with E-state index in [0.717, 1.165) is 0 Å². The minimum Gasteiger partial charge on any atom is -0.465 e. The van der Waals surface area contributed by atoms with Gasteiger partial charge >= 0.3 is 5.97 Å². The van der Waals surface area contributed by atoms with Gasteiger partial charge in [-0.3, -0.25) is 14.4 Å². The van der Waals surface area contributed by atoms with Crippen LogP contribution in [0.4, 0.5) is 0 Å². The van der Waals surface area contributed by atoms with Crippen LogP contribution < -0.4 is 5.32 Å². The number of allylic oxidation sites excluding steroid dienone is 1. The molecule has 0 saturated carbocycles. The van der Waals surface area contributed by atoms with Crippen molar-refractivity contribution >= 4 is 41.0 Å². The summed E-state index contributed by atoms with van der Waals surface area (Å²) in [4.78, 5) is 40.4. The van der Waals surface area contributed by atoms with Crippen molar-refractivity contribution in [2.24, 2.45) is 11.3 Å². The Balaban J connectivity index is 1.96. The zero-order chi connectivity index (χ0) is 22.6. The van der Waals surface area contributed by atoms with E-state index in [2.05, 4.69) is 11.2 Å². The molecule has 1 heterocycles. The Morgan fingerprint density at radius 2 is 2.16 bits per heavy atom. The third kappa shape index (κ3) is 4.73. The van der Waals surface area contributed by atoms with Crippen molar-refractivity contribution in [3.05, 3.63) is 45.6 Å². The van der Waals surface area contributed by atoms with E-state index in [-0.39, 0.29) is 50.3 Å². The van der Waals surface area contributed by atoms with Crippen LogP contribution in [0.15, 0.2) is 30.0 Å². The molecule has 0 aromatic heterocycles. The maximum absolute atomic E-state index is 13.4. The molecular weight excluding hydrogens is 439 g/mol. The van der Waals surface area contributed by atoms with Gasteiger partial charge in [-0.15, -0.1) is 6.42 Å². The lowest BCUT2D eigenvalue weighted by Gasteiger charge is -2.44. The van der Waals surface area contributed by atoms with Crippen LogP contribution in [0.5, 0.6) is 0 Å². The number of carbonyl (C=O) groups is 3. The van der Waals surface area contributed by atoms with Gasteiger partial charge in [0.2, 0.25) is 11.8 Å². The second-order valence-corrected chi connectivity index (χ2v) is 8.52. The highest BCUT2D eigenvalue weighted by Gasteiger charge is 2.55. The highest BCUT2D eigenvalue weighted by atomic mass is 35.5. The van der Waals surface area contributed by atoms with E-state index in [1.807, 2.05) is 6.08 Å². The number of carbonyl (C=O) groups excluding carboxylic acids is 3. The van der Waals surface area contributed by atoms with E-state index in [9.17, 15) is 14.4 Å². The Morgan fingerprint density at radius 3 is 2.84 bits per heavy atom. The van der Waals surface area contributed by atoms with E-state index in [0.29, 0.717) is 34.1 Å². The highest BCUT2D eigenvalue weighted by molar-refractivity contribution is 6.35. The van der Waals surface area contributed by atoms with E-state index in [1.165, 1.54) is 0 Å². The third-order valence-corrected chi connectivity index (χ3v) is 6.32. The second kappa shape index (κ2) is 9.76. The molecule has 1 saturated heterocycles. The first-order chi connectivity index (χ1) is 14.8. The summed E-state index contributed by atoms with van der Waals surface area (Å²) in [5.74, 6) is 0.742. The maximum Gasteiger partial charge on any atom is 0.318 e. The number of rotatable bonds is 7. The molecule has 1 aromatic rings. The molecule has 8 heteroatoms. The normalized spacial score (nSPS) is 22.4. The third-order valence-electron chi connectivity index (χ3n) is 5.73. The Bertz CT molecular complexity index is 969. The van der Waals surface area contributed by atoms with E-state index in [4.69, 9.17) is 34.4 Å². The molecule has 164 valence electrons. The number of likely N-dealkylation sites (tertiary alicyclic amines) is 1. The number of nitrogens with zero attached hydrogens (tertiary/aromatic N) is 1. The van der Waals surface area contributed by atoms with Crippen molar-refractivity contribution in [2.45, 2.75) is 39.2 Å². The molecule has 1 N–H and O–H groups in total. The number of terminal acetylenes is 1. The molecule has 2 aliphatic rings. The molecule has 0 bridgehead atoms. The summed E-state index contributed by atoms with van der Waals surface area (Å²) in [5.41, 5.74) is 0.365. The topological polar surface area (TPSA) is 75.7 Å². The van der Waals surface area contributed by atoms with Crippen LogP contribution in [0.1, 0.15) is 38.2 Å². The molecule has 0 unspecified atom stereocenters. The van der Waals surface area contributed by atoms with Crippen molar-refractivity contribution in [3.8, 4) is 12.3 Å². The molecule has 0 spiro atoms. The SMILES string of the molecule is C#CCNC(=O)C[C@H]1C[C@@]2(C(=O)OCC)CCC=C2N(Cc2ccc(Cl)cc2Cl)C1=O. The van der Waals surface area contributed by atoms with Crippen molar-refractivity contribution in [1.82, 2.24) is 10.2 Å². The van der Waals surface area contributed by atoms with Gasteiger partial charge < -0.3 is 15.0 Å². The van der Waals surface area contributed by atoms with Crippen LogP contribution in [-0.2, 0) is 25.7 Å². The monoisotopic (exact) mass is 462 g/mol. The Kier molecular flexibility index (Phi) is 7.30. The Hall–Kier alpha value is -2.49. The molecule has 3 rings (SSSR count). The van der Waals surface area contributed by atoms with Gasteiger partial charge in [0.1, 0.15) is 5.41 Å². The first-order valence-electron chi connectivity index (χ1n) is 10.2. The van der Waals surface area contributed by atoms with Gasteiger partial charge in [-0.2, -0.15) is 0 Å². The lowest BCUT2D eigenvalue weighted by atomic mass is 9.71. The minimum absolute atomic E-state index is 0.0558. The van der Waals surface area contributed by atoms with E-state index >= 15 is 0 Å². The van der Waals surface area contributed by atoms with Crippen LogP contribution in [0.25, 0.3) is 0 Å². The molecule has 2 amide bonds. The quantitative estimate of drug-likeness (QED) is 0.494. The van der Waals surface area contributed by atoms with Crippen LogP contribution >= 0.6 is 23.2 Å². The zero-order valence-corrected chi connectivity index (χ0v) is 18.8. The second-order valence-electron chi connectivity index (χ2n) is 7.68. The largest absolute Gasteiger partial charge is 0.465 e.